The number of alkyl halides is 3. The van der Waals surface area contributed by atoms with E-state index in [1.807, 2.05) is 0 Å². The van der Waals surface area contributed by atoms with Gasteiger partial charge in [0, 0.05) is 4.47 Å². The third-order valence-electron chi connectivity index (χ3n) is 3.21. The molecule has 8 heteroatoms. The van der Waals surface area contributed by atoms with Gasteiger partial charge in [0.25, 0.3) is 5.56 Å². The Bertz CT molecular complexity index is 1000. The van der Waals surface area contributed by atoms with Crippen molar-refractivity contribution in [3.8, 4) is 5.69 Å². The summed E-state index contributed by atoms with van der Waals surface area (Å²) in [5, 5.41) is 0.138. The second-order valence-electron chi connectivity index (χ2n) is 4.69. The molecular weight excluding hydrogens is 379 g/mol. The molecule has 0 atom stereocenters. The summed E-state index contributed by atoms with van der Waals surface area (Å²) in [6.45, 7) is 0. The van der Waals surface area contributed by atoms with Crippen molar-refractivity contribution in [2.45, 2.75) is 6.18 Å². The molecule has 0 fully saturated rings. The Hall–Kier alpha value is -2.35. The summed E-state index contributed by atoms with van der Waals surface area (Å²) in [4.78, 5) is 24.4. The van der Waals surface area contributed by atoms with E-state index in [-0.39, 0.29) is 16.7 Å². The number of benzene rings is 2. The van der Waals surface area contributed by atoms with Crippen molar-refractivity contribution in [3.05, 3.63) is 73.4 Å². The molecule has 4 nitrogen and oxygen atoms in total. The van der Waals surface area contributed by atoms with E-state index >= 15 is 0 Å². The Balaban J connectivity index is 2.24. The van der Waals surface area contributed by atoms with Crippen molar-refractivity contribution in [1.82, 2.24) is 4.57 Å². The van der Waals surface area contributed by atoms with E-state index < -0.39 is 23.1 Å². The molecule has 0 saturated heterocycles. The summed E-state index contributed by atoms with van der Waals surface area (Å²) in [5.41, 5.74) is -1.44. The predicted molar refractivity (Wildman–Crippen MR) is 80.8 cm³/mol. The average molecular weight is 386 g/mol. The van der Waals surface area contributed by atoms with Crippen LogP contribution in [0.4, 0.5) is 13.2 Å². The maximum absolute atomic E-state index is 12.6. The molecule has 23 heavy (non-hydrogen) atoms. The standard InChI is InChI=1S/C15H7BrF3NO3/c16-9-3-6-12-11(7-9)13(21)20(14(22)23-12)10-4-1-8(2-5-10)15(17,18)19/h1-7H. The Morgan fingerprint density at radius 1 is 1.00 bits per heavy atom. The van der Waals surface area contributed by atoms with Crippen LogP contribution in [-0.4, -0.2) is 4.57 Å². The largest absolute Gasteiger partial charge is 0.426 e. The van der Waals surface area contributed by atoms with Gasteiger partial charge in [0.2, 0.25) is 0 Å². The molecule has 0 unspecified atom stereocenters. The van der Waals surface area contributed by atoms with Gasteiger partial charge in [0.1, 0.15) is 5.58 Å². The van der Waals surface area contributed by atoms with Crippen LogP contribution in [0.15, 0.2) is 60.9 Å². The molecule has 1 heterocycles. The Morgan fingerprint density at radius 3 is 2.26 bits per heavy atom. The van der Waals surface area contributed by atoms with Crippen molar-refractivity contribution in [2.75, 3.05) is 0 Å². The summed E-state index contributed by atoms with van der Waals surface area (Å²) >= 11 is 3.20. The zero-order valence-electron chi connectivity index (χ0n) is 11.2. The van der Waals surface area contributed by atoms with E-state index in [0.29, 0.717) is 9.04 Å². The highest BCUT2D eigenvalue weighted by Crippen LogP contribution is 2.29. The van der Waals surface area contributed by atoms with E-state index in [9.17, 15) is 22.8 Å². The SMILES string of the molecule is O=c1oc2ccc(Br)cc2c(=O)n1-c1ccc(C(F)(F)F)cc1. The Morgan fingerprint density at radius 2 is 1.65 bits per heavy atom. The fraction of sp³-hybridized carbons (Fsp3) is 0.0667. The van der Waals surface area contributed by atoms with Crippen LogP contribution in [0.3, 0.4) is 0 Å². The number of hydrogen-bond acceptors (Lipinski definition) is 3. The molecule has 2 aromatic carbocycles. The minimum atomic E-state index is -4.50. The molecule has 0 saturated carbocycles. The highest BCUT2D eigenvalue weighted by atomic mass is 79.9. The normalized spacial score (nSPS) is 11.8. The van der Waals surface area contributed by atoms with Gasteiger partial charge in [-0.15, -0.1) is 0 Å². The molecule has 3 aromatic rings. The van der Waals surface area contributed by atoms with Gasteiger partial charge < -0.3 is 4.42 Å². The first-order valence-corrected chi connectivity index (χ1v) is 7.10. The van der Waals surface area contributed by atoms with Crippen LogP contribution < -0.4 is 11.3 Å². The zero-order valence-corrected chi connectivity index (χ0v) is 12.8. The van der Waals surface area contributed by atoms with Crippen LogP contribution in [0.5, 0.6) is 0 Å². The summed E-state index contributed by atoms with van der Waals surface area (Å²) in [7, 11) is 0. The van der Waals surface area contributed by atoms with Gasteiger partial charge >= 0.3 is 11.9 Å². The molecule has 0 N–H and O–H groups in total. The fourth-order valence-corrected chi connectivity index (χ4v) is 2.48. The maximum atomic E-state index is 12.6. The molecule has 0 aliphatic carbocycles. The van der Waals surface area contributed by atoms with Gasteiger partial charge in [-0.05, 0) is 42.5 Å². The molecule has 0 bridgehead atoms. The van der Waals surface area contributed by atoms with Crippen LogP contribution in [0.1, 0.15) is 5.56 Å². The molecule has 3 rings (SSSR count). The highest BCUT2D eigenvalue weighted by Gasteiger charge is 2.30. The van der Waals surface area contributed by atoms with Crippen molar-refractivity contribution in [2.24, 2.45) is 0 Å². The minimum Gasteiger partial charge on any atom is -0.409 e. The van der Waals surface area contributed by atoms with Gasteiger partial charge in [0.05, 0.1) is 16.6 Å². The van der Waals surface area contributed by atoms with E-state index in [1.165, 1.54) is 12.1 Å². The third kappa shape index (κ3) is 2.81. The lowest BCUT2D eigenvalue weighted by Crippen LogP contribution is -2.31. The maximum Gasteiger partial charge on any atom is 0.426 e. The monoisotopic (exact) mass is 385 g/mol. The lowest BCUT2D eigenvalue weighted by atomic mass is 10.2. The Labute approximate surface area is 134 Å². The van der Waals surface area contributed by atoms with Crippen molar-refractivity contribution in [3.63, 3.8) is 0 Å². The van der Waals surface area contributed by atoms with Crippen molar-refractivity contribution in [1.29, 1.82) is 0 Å². The molecule has 1 aromatic heterocycles. The fourth-order valence-electron chi connectivity index (χ4n) is 2.12. The first-order valence-electron chi connectivity index (χ1n) is 6.30. The molecular formula is C15H7BrF3NO3. The van der Waals surface area contributed by atoms with E-state index in [2.05, 4.69) is 15.9 Å². The summed E-state index contributed by atoms with van der Waals surface area (Å²) in [5.74, 6) is -0.968. The highest BCUT2D eigenvalue weighted by molar-refractivity contribution is 9.10. The topological polar surface area (TPSA) is 52.2 Å². The van der Waals surface area contributed by atoms with Crippen LogP contribution in [0.25, 0.3) is 16.7 Å². The van der Waals surface area contributed by atoms with E-state index in [0.717, 1.165) is 24.3 Å². The molecule has 0 aliphatic rings. The summed E-state index contributed by atoms with van der Waals surface area (Å²) in [6.07, 6.45) is -4.50. The lowest BCUT2D eigenvalue weighted by molar-refractivity contribution is -0.137. The zero-order chi connectivity index (χ0) is 16.8. The number of rotatable bonds is 1. The number of aromatic nitrogens is 1. The first-order chi connectivity index (χ1) is 10.8. The van der Waals surface area contributed by atoms with Gasteiger partial charge in [-0.1, -0.05) is 15.9 Å². The number of nitrogens with zero attached hydrogens (tertiary/aromatic N) is 1. The summed E-state index contributed by atoms with van der Waals surface area (Å²) in [6, 6.07) is 8.22. The van der Waals surface area contributed by atoms with Crippen molar-refractivity contribution >= 4 is 26.9 Å². The van der Waals surface area contributed by atoms with Crippen molar-refractivity contribution < 1.29 is 17.6 Å². The first kappa shape index (κ1) is 15.5. The van der Waals surface area contributed by atoms with E-state index in [1.54, 1.807) is 6.07 Å². The quantitative estimate of drug-likeness (QED) is 0.641. The molecule has 0 aliphatic heterocycles. The van der Waals surface area contributed by atoms with Crippen LogP contribution in [0, 0.1) is 0 Å². The average Bonchev–Trinajstić information content (AvgIpc) is 2.48. The molecule has 0 radical (unpaired) electrons. The molecule has 118 valence electrons. The Kier molecular flexibility index (Phi) is 3.63. The third-order valence-corrected chi connectivity index (χ3v) is 3.70. The summed E-state index contributed by atoms with van der Waals surface area (Å²) < 4.78 is 44.1. The predicted octanol–water partition coefficient (Wildman–Crippen LogP) is 3.73. The van der Waals surface area contributed by atoms with Gasteiger partial charge in [0.15, 0.2) is 0 Å². The smallest absolute Gasteiger partial charge is 0.409 e. The van der Waals surface area contributed by atoms with Gasteiger partial charge in [-0.3, -0.25) is 4.79 Å². The van der Waals surface area contributed by atoms with E-state index in [4.69, 9.17) is 4.42 Å². The van der Waals surface area contributed by atoms with Gasteiger partial charge in [-0.25, -0.2) is 9.36 Å². The lowest BCUT2D eigenvalue weighted by Gasteiger charge is -2.09. The van der Waals surface area contributed by atoms with Crippen LogP contribution in [0.2, 0.25) is 0 Å². The van der Waals surface area contributed by atoms with Crippen LogP contribution in [-0.2, 0) is 6.18 Å². The minimum absolute atomic E-state index is 0.00127. The second-order valence-corrected chi connectivity index (χ2v) is 5.61. The van der Waals surface area contributed by atoms with Crippen LogP contribution >= 0.6 is 15.9 Å². The second kappa shape index (κ2) is 5.38. The molecule has 0 spiro atoms. The number of hydrogen-bond donors (Lipinski definition) is 0. The van der Waals surface area contributed by atoms with Gasteiger partial charge in [-0.2, -0.15) is 13.2 Å². The number of fused-ring (bicyclic) bond motifs is 1. The number of halogens is 4. The molecule has 0 amide bonds.